The van der Waals surface area contributed by atoms with E-state index in [9.17, 15) is 19.2 Å². The van der Waals surface area contributed by atoms with E-state index in [1.807, 2.05) is 0 Å². The Labute approximate surface area is 322 Å². The Kier molecular flexibility index (Phi) is 14.8. The van der Waals surface area contributed by atoms with Crippen LogP contribution in [0.1, 0.15) is 94.6 Å². The first-order chi connectivity index (χ1) is 24.9. The lowest BCUT2D eigenvalue weighted by atomic mass is 10.0. The van der Waals surface area contributed by atoms with Crippen LogP contribution in [0.5, 0.6) is 11.8 Å². The van der Waals surface area contributed by atoms with Crippen LogP contribution < -0.4 is 9.47 Å². The molecule has 4 rings (SSSR count). The largest absolute Gasteiger partial charge is 0.407 e. The molecule has 0 saturated heterocycles. The maximum absolute atomic E-state index is 13.4. The second-order valence-electron chi connectivity index (χ2n) is 11.9. The standard InChI is InChI=1S/C38H38Cl4N4O6/c1-5-19-45-37(33(23(3)43-45)35(49)27-17-15-25(39)21-29(27)41)51-31(47)13-11-9-7-8-10-12-14-32(48)52-38-34(24(4)44-46(38)20-6-2)36(50)28-18-16-26(40)22-30(28)42/h5-6,15-18,21-22H,1-2,7-14,19-20H2,3-4H3. The van der Waals surface area contributed by atoms with Crippen molar-refractivity contribution >= 4 is 69.9 Å². The summed E-state index contributed by atoms with van der Waals surface area (Å²) < 4.78 is 14.2. The molecule has 4 aromatic rings. The number of esters is 2. The van der Waals surface area contributed by atoms with Gasteiger partial charge in [0, 0.05) is 34.0 Å². The number of benzene rings is 2. The van der Waals surface area contributed by atoms with Gasteiger partial charge in [-0.3, -0.25) is 19.2 Å². The summed E-state index contributed by atoms with van der Waals surface area (Å²) in [5.41, 5.74) is 1.50. The van der Waals surface area contributed by atoms with E-state index < -0.39 is 23.5 Å². The minimum Gasteiger partial charge on any atom is -0.407 e. The van der Waals surface area contributed by atoms with Gasteiger partial charge in [-0.1, -0.05) is 84.2 Å². The van der Waals surface area contributed by atoms with E-state index >= 15 is 0 Å². The molecule has 52 heavy (non-hydrogen) atoms. The van der Waals surface area contributed by atoms with Crippen LogP contribution in [0.2, 0.25) is 20.1 Å². The van der Waals surface area contributed by atoms with Crippen LogP contribution in [-0.4, -0.2) is 43.1 Å². The lowest BCUT2D eigenvalue weighted by Crippen LogP contribution is -2.15. The quantitative estimate of drug-likeness (QED) is 0.0399. The van der Waals surface area contributed by atoms with Crippen LogP contribution in [0, 0.1) is 13.8 Å². The Morgan fingerprint density at radius 2 is 1.00 bits per heavy atom. The normalized spacial score (nSPS) is 11.0. The van der Waals surface area contributed by atoms with Gasteiger partial charge in [0.05, 0.1) is 34.5 Å². The van der Waals surface area contributed by atoms with E-state index in [2.05, 4.69) is 23.4 Å². The predicted octanol–water partition coefficient (Wildman–Crippen LogP) is 9.78. The lowest BCUT2D eigenvalue weighted by molar-refractivity contribution is -0.136. The van der Waals surface area contributed by atoms with Crippen molar-refractivity contribution in [3.63, 3.8) is 0 Å². The topological polar surface area (TPSA) is 122 Å². The average Bonchev–Trinajstić information content (AvgIpc) is 3.55. The molecule has 0 fully saturated rings. The van der Waals surface area contributed by atoms with Crippen molar-refractivity contribution in [3.8, 4) is 11.8 Å². The van der Waals surface area contributed by atoms with Gasteiger partial charge >= 0.3 is 11.9 Å². The maximum Gasteiger partial charge on any atom is 0.312 e. The zero-order valence-corrected chi connectivity index (χ0v) is 31.9. The highest BCUT2D eigenvalue weighted by Gasteiger charge is 2.28. The summed E-state index contributed by atoms with van der Waals surface area (Å²) in [6.07, 6.45) is 7.78. The molecule has 2 aromatic heterocycles. The van der Waals surface area contributed by atoms with Crippen LogP contribution in [-0.2, 0) is 22.7 Å². The van der Waals surface area contributed by atoms with Crippen LogP contribution in [0.25, 0.3) is 0 Å². The van der Waals surface area contributed by atoms with Crippen molar-refractivity contribution < 1.29 is 28.7 Å². The second-order valence-corrected chi connectivity index (χ2v) is 13.6. The third-order valence-corrected chi connectivity index (χ3v) is 9.10. The molecule has 0 aliphatic heterocycles. The summed E-state index contributed by atoms with van der Waals surface area (Å²) in [4.78, 5) is 52.6. The maximum atomic E-state index is 13.4. The molecular formula is C38H38Cl4N4O6. The van der Waals surface area contributed by atoms with Gasteiger partial charge in [0.15, 0.2) is 0 Å². The third-order valence-electron chi connectivity index (χ3n) is 8.00. The predicted molar refractivity (Wildman–Crippen MR) is 202 cm³/mol. The summed E-state index contributed by atoms with van der Waals surface area (Å²) in [7, 11) is 0. The van der Waals surface area contributed by atoms with Crippen molar-refractivity contribution in [3.05, 3.63) is 115 Å². The molecular weight excluding hydrogens is 750 g/mol. The fraction of sp³-hybridized carbons (Fsp3) is 0.316. The molecule has 0 spiro atoms. The van der Waals surface area contributed by atoms with E-state index in [1.54, 1.807) is 38.1 Å². The number of allylic oxidation sites excluding steroid dienone is 2. The number of hydrogen-bond acceptors (Lipinski definition) is 8. The van der Waals surface area contributed by atoms with Gasteiger partial charge in [-0.2, -0.15) is 10.2 Å². The Balaban J connectivity index is 1.25. The van der Waals surface area contributed by atoms with E-state index in [-0.39, 0.29) is 70.0 Å². The summed E-state index contributed by atoms with van der Waals surface area (Å²) in [5, 5.41) is 9.88. The molecule has 0 radical (unpaired) electrons. The molecule has 0 amide bonds. The van der Waals surface area contributed by atoms with Crippen LogP contribution >= 0.6 is 46.4 Å². The number of halogens is 4. The van der Waals surface area contributed by atoms with E-state index in [4.69, 9.17) is 55.9 Å². The fourth-order valence-electron chi connectivity index (χ4n) is 5.52. The molecule has 10 nitrogen and oxygen atoms in total. The Hall–Kier alpha value is -4.22. The number of carbonyl (C=O) groups is 4. The summed E-state index contributed by atoms with van der Waals surface area (Å²) >= 11 is 24.6. The molecule has 2 heterocycles. The molecule has 2 aromatic carbocycles. The fourth-order valence-corrected chi connectivity index (χ4v) is 6.51. The zero-order valence-electron chi connectivity index (χ0n) is 28.9. The first-order valence-corrected chi connectivity index (χ1v) is 18.1. The lowest BCUT2D eigenvalue weighted by Gasteiger charge is -2.10. The highest BCUT2D eigenvalue weighted by molar-refractivity contribution is 6.38. The van der Waals surface area contributed by atoms with Crippen molar-refractivity contribution in [1.29, 1.82) is 0 Å². The molecule has 0 aliphatic carbocycles. The first-order valence-electron chi connectivity index (χ1n) is 16.6. The van der Waals surface area contributed by atoms with Gasteiger partial charge < -0.3 is 9.47 Å². The molecule has 0 aliphatic rings. The smallest absolute Gasteiger partial charge is 0.312 e. The molecule has 0 N–H and O–H groups in total. The SMILES string of the molecule is C=CCn1nc(C)c(C(=O)c2ccc(Cl)cc2Cl)c1OC(=O)CCCCCCCCC(=O)Oc1c(C(=O)c2ccc(Cl)cc2Cl)c(C)nn1CC=C. The monoisotopic (exact) mass is 786 g/mol. The number of aryl methyl sites for hydroxylation is 2. The number of nitrogens with zero attached hydrogens (tertiary/aromatic N) is 4. The van der Waals surface area contributed by atoms with Crippen molar-refractivity contribution in [2.45, 2.75) is 78.3 Å². The van der Waals surface area contributed by atoms with Gasteiger partial charge in [-0.25, -0.2) is 9.36 Å². The minimum absolute atomic E-state index is 0.0401. The molecule has 14 heteroatoms. The van der Waals surface area contributed by atoms with Gasteiger partial charge in [-0.05, 0) is 63.1 Å². The summed E-state index contributed by atoms with van der Waals surface area (Å²) in [6.45, 7) is 11.2. The third kappa shape index (κ3) is 10.2. The zero-order chi connectivity index (χ0) is 37.9. The average molecular weight is 789 g/mol. The Bertz CT molecular complexity index is 1860. The second kappa shape index (κ2) is 19.0. The van der Waals surface area contributed by atoms with Crippen molar-refractivity contribution in [1.82, 2.24) is 19.6 Å². The van der Waals surface area contributed by atoms with Gasteiger partial charge in [0.1, 0.15) is 11.1 Å². The number of rotatable bonds is 19. The minimum atomic E-state index is -0.494. The van der Waals surface area contributed by atoms with Gasteiger partial charge in [0.2, 0.25) is 23.3 Å². The molecule has 0 bridgehead atoms. The summed E-state index contributed by atoms with van der Waals surface area (Å²) in [5.74, 6) is -1.78. The number of ether oxygens (including phenoxy) is 2. The van der Waals surface area contributed by atoms with Crippen molar-refractivity contribution in [2.24, 2.45) is 0 Å². The van der Waals surface area contributed by atoms with Crippen LogP contribution in [0.3, 0.4) is 0 Å². The number of aromatic nitrogens is 4. The summed E-state index contributed by atoms with van der Waals surface area (Å²) in [6, 6.07) is 9.10. The van der Waals surface area contributed by atoms with Gasteiger partial charge in [0.25, 0.3) is 0 Å². The number of ketones is 2. The number of hydrogen-bond donors (Lipinski definition) is 0. The molecule has 0 unspecified atom stereocenters. The van der Waals surface area contributed by atoms with E-state index in [0.29, 0.717) is 34.3 Å². The van der Waals surface area contributed by atoms with E-state index in [1.165, 1.54) is 33.6 Å². The van der Waals surface area contributed by atoms with Crippen molar-refractivity contribution in [2.75, 3.05) is 0 Å². The Morgan fingerprint density at radius 3 is 1.35 bits per heavy atom. The number of carbonyl (C=O) groups excluding carboxylic acids is 4. The van der Waals surface area contributed by atoms with E-state index in [0.717, 1.165) is 25.7 Å². The van der Waals surface area contributed by atoms with Gasteiger partial charge in [-0.15, -0.1) is 13.2 Å². The van der Waals surface area contributed by atoms with Crippen LogP contribution in [0.4, 0.5) is 0 Å². The molecule has 0 saturated carbocycles. The highest BCUT2D eigenvalue weighted by Crippen LogP contribution is 2.32. The molecule has 274 valence electrons. The Morgan fingerprint density at radius 1 is 0.635 bits per heavy atom. The number of unbranched alkanes of at least 4 members (excludes halogenated alkanes) is 5. The first kappa shape index (κ1) is 40.5. The molecule has 0 atom stereocenters. The highest BCUT2D eigenvalue weighted by atomic mass is 35.5. The van der Waals surface area contributed by atoms with Crippen LogP contribution in [0.15, 0.2) is 61.7 Å².